The molecule has 0 fully saturated rings. The summed E-state index contributed by atoms with van der Waals surface area (Å²) in [5.74, 6) is 0.273. The molecular weight excluding hydrogens is 132 g/mol. The first-order valence-electron chi connectivity index (χ1n) is 2.91. The second-order valence-electron chi connectivity index (χ2n) is 2.35. The summed E-state index contributed by atoms with van der Waals surface area (Å²) in [6.07, 6.45) is 0.498. The largest absolute Gasteiger partial charge is 0.287 e. The maximum Gasteiger partial charge on any atom is 0.186 e. The highest BCUT2D eigenvalue weighted by molar-refractivity contribution is 7.96. The van der Waals surface area contributed by atoms with Crippen molar-refractivity contribution < 1.29 is 4.79 Å². The predicted molar refractivity (Wildman–Crippen MR) is 42.6 cm³/mol. The van der Waals surface area contributed by atoms with Crippen molar-refractivity contribution in [3.05, 3.63) is 12.2 Å². The van der Waals surface area contributed by atoms with Crippen LogP contribution in [-0.2, 0) is 4.79 Å². The number of allylic oxidation sites excluding steroid dienone is 1. The Morgan fingerprint density at radius 1 is 1.78 bits per heavy atom. The second-order valence-corrected chi connectivity index (χ2v) is 2.84. The molecule has 1 nitrogen and oxygen atoms in total. The Hall–Kier alpha value is -0.240. The van der Waals surface area contributed by atoms with Gasteiger partial charge in [0.2, 0.25) is 0 Å². The van der Waals surface area contributed by atoms with E-state index in [1.54, 1.807) is 0 Å². The van der Waals surface area contributed by atoms with Gasteiger partial charge in [-0.1, -0.05) is 19.1 Å². The molecule has 0 aliphatic carbocycles. The summed E-state index contributed by atoms with van der Waals surface area (Å²) in [6, 6.07) is 0. The molecule has 0 rings (SSSR count). The summed E-state index contributed by atoms with van der Waals surface area (Å²) in [6.45, 7) is 7.61. The van der Waals surface area contributed by atoms with Crippen molar-refractivity contribution in [2.45, 2.75) is 20.3 Å². The highest BCUT2D eigenvalue weighted by Crippen LogP contribution is 2.12. The number of hydrogen-bond acceptors (Lipinski definition) is 1. The van der Waals surface area contributed by atoms with Crippen LogP contribution in [0.3, 0.4) is 0 Å². The fourth-order valence-corrected chi connectivity index (χ4v) is 0.710. The van der Waals surface area contributed by atoms with Gasteiger partial charge in [0.05, 0.1) is 0 Å². The monoisotopic (exact) mass is 144 g/mol. The molecule has 0 aliphatic heterocycles. The van der Waals surface area contributed by atoms with E-state index in [0.717, 1.165) is 5.57 Å². The average Bonchev–Trinajstić information content (AvgIpc) is 1.63. The van der Waals surface area contributed by atoms with E-state index in [1.807, 2.05) is 13.8 Å². The van der Waals surface area contributed by atoms with Crippen LogP contribution in [0.2, 0.25) is 0 Å². The van der Waals surface area contributed by atoms with Crippen LogP contribution in [0.5, 0.6) is 0 Å². The third-order valence-electron chi connectivity index (χ3n) is 1.32. The van der Waals surface area contributed by atoms with Crippen molar-refractivity contribution >= 4 is 17.7 Å². The molecular formula is C7H12OS. The number of rotatable bonds is 3. The minimum atomic E-state index is -0.0644. The van der Waals surface area contributed by atoms with Crippen molar-refractivity contribution in [1.82, 2.24) is 0 Å². The molecule has 0 saturated carbocycles. The van der Waals surface area contributed by atoms with E-state index in [1.165, 1.54) is 0 Å². The van der Waals surface area contributed by atoms with Gasteiger partial charge in [-0.2, -0.15) is 0 Å². The van der Waals surface area contributed by atoms with Gasteiger partial charge in [-0.3, -0.25) is 4.79 Å². The Bertz CT molecular complexity index is 129. The summed E-state index contributed by atoms with van der Waals surface area (Å²) in [5, 5.41) is -0.0644. The number of carbonyl (C=O) groups excluding carboxylic acids is 1. The Labute approximate surface area is 61.6 Å². The van der Waals surface area contributed by atoms with Gasteiger partial charge >= 0.3 is 0 Å². The van der Waals surface area contributed by atoms with Crippen LogP contribution in [0.25, 0.3) is 0 Å². The van der Waals surface area contributed by atoms with Crippen molar-refractivity contribution in [2.75, 3.05) is 0 Å². The van der Waals surface area contributed by atoms with Gasteiger partial charge in [-0.05, 0) is 12.8 Å². The van der Waals surface area contributed by atoms with E-state index in [4.69, 9.17) is 0 Å². The maximum absolute atomic E-state index is 10.4. The van der Waals surface area contributed by atoms with Gasteiger partial charge in [0.25, 0.3) is 0 Å². The predicted octanol–water partition coefficient (Wildman–Crippen LogP) is 2.05. The summed E-state index contributed by atoms with van der Waals surface area (Å²) in [5.41, 5.74) is 1.04. The lowest BCUT2D eigenvalue weighted by Crippen LogP contribution is -1.99. The minimum Gasteiger partial charge on any atom is -0.287 e. The molecule has 0 spiro atoms. The first-order chi connectivity index (χ1) is 4.04. The number of thiol groups is 1. The fourth-order valence-electron chi connectivity index (χ4n) is 0.436. The molecule has 0 N–H and O–H groups in total. The van der Waals surface area contributed by atoms with Gasteiger partial charge in [0, 0.05) is 6.42 Å². The van der Waals surface area contributed by atoms with E-state index >= 15 is 0 Å². The Kier molecular flexibility index (Phi) is 3.62. The summed E-state index contributed by atoms with van der Waals surface area (Å²) < 4.78 is 0. The van der Waals surface area contributed by atoms with E-state index in [9.17, 15) is 4.79 Å². The van der Waals surface area contributed by atoms with Gasteiger partial charge in [0.1, 0.15) is 0 Å². The van der Waals surface area contributed by atoms with Gasteiger partial charge < -0.3 is 0 Å². The van der Waals surface area contributed by atoms with E-state index in [2.05, 4.69) is 19.2 Å². The molecule has 0 bridgehead atoms. The van der Waals surface area contributed by atoms with Crippen molar-refractivity contribution in [3.8, 4) is 0 Å². The molecule has 0 aromatic heterocycles. The topological polar surface area (TPSA) is 17.1 Å². The van der Waals surface area contributed by atoms with E-state index in [-0.39, 0.29) is 11.0 Å². The van der Waals surface area contributed by atoms with Gasteiger partial charge in [-0.15, -0.1) is 12.6 Å². The van der Waals surface area contributed by atoms with E-state index in [0.29, 0.717) is 6.42 Å². The molecule has 1 atom stereocenters. The highest BCUT2D eigenvalue weighted by Gasteiger charge is 2.04. The zero-order chi connectivity index (χ0) is 7.44. The molecule has 52 valence electrons. The van der Waals surface area contributed by atoms with Crippen LogP contribution in [0.15, 0.2) is 12.2 Å². The quantitative estimate of drug-likeness (QED) is 0.474. The molecule has 9 heavy (non-hydrogen) atoms. The second kappa shape index (κ2) is 3.72. The van der Waals surface area contributed by atoms with Gasteiger partial charge in [0.15, 0.2) is 5.12 Å². The summed E-state index contributed by atoms with van der Waals surface area (Å²) >= 11 is 3.65. The molecule has 0 heterocycles. The molecule has 0 radical (unpaired) electrons. The SMILES string of the molecule is C=C(C)C(C)CC(=O)S. The zero-order valence-corrected chi connectivity index (χ0v) is 6.74. The summed E-state index contributed by atoms with van der Waals surface area (Å²) in [4.78, 5) is 10.4. The Morgan fingerprint density at radius 2 is 2.22 bits per heavy atom. The highest BCUT2D eigenvalue weighted by atomic mass is 32.1. The summed E-state index contributed by atoms with van der Waals surface area (Å²) in [7, 11) is 0. The molecule has 0 amide bonds. The number of hydrogen-bond donors (Lipinski definition) is 1. The lowest BCUT2D eigenvalue weighted by molar-refractivity contribution is -0.111. The van der Waals surface area contributed by atoms with Crippen molar-refractivity contribution in [1.29, 1.82) is 0 Å². The standard InChI is InChI=1S/C7H12OS/c1-5(2)6(3)4-7(8)9/h6H,1,4H2,2-3H3,(H,8,9). The van der Waals surface area contributed by atoms with E-state index < -0.39 is 0 Å². The molecule has 0 aromatic rings. The lowest BCUT2D eigenvalue weighted by Gasteiger charge is -2.05. The van der Waals surface area contributed by atoms with Crippen LogP contribution < -0.4 is 0 Å². The van der Waals surface area contributed by atoms with Gasteiger partial charge in [-0.25, -0.2) is 0 Å². The molecule has 0 aromatic carbocycles. The minimum absolute atomic E-state index is 0.0644. The third kappa shape index (κ3) is 4.28. The third-order valence-corrected chi connectivity index (χ3v) is 1.50. The normalized spacial score (nSPS) is 12.8. The van der Waals surface area contributed by atoms with Crippen LogP contribution in [0.1, 0.15) is 20.3 Å². The van der Waals surface area contributed by atoms with Crippen LogP contribution in [0.4, 0.5) is 0 Å². The molecule has 1 unspecified atom stereocenters. The van der Waals surface area contributed by atoms with Crippen molar-refractivity contribution in [2.24, 2.45) is 5.92 Å². The van der Waals surface area contributed by atoms with Crippen LogP contribution in [0, 0.1) is 5.92 Å². The molecule has 2 heteroatoms. The number of carbonyl (C=O) groups is 1. The molecule has 0 aliphatic rings. The Morgan fingerprint density at radius 3 is 2.33 bits per heavy atom. The Balaban J connectivity index is 3.63. The lowest BCUT2D eigenvalue weighted by atomic mass is 10.0. The first kappa shape index (κ1) is 8.76. The van der Waals surface area contributed by atoms with Crippen LogP contribution in [-0.4, -0.2) is 5.12 Å². The maximum atomic E-state index is 10.4. The fraction of sp³-hybridized carbons (Fsp3) is 0.571. The zero-order valence-electron chi connectivity index (χ0n) is 5.85. The van der Waals surface area contributed by atoms with Crippen LogP contribution >= 0.6 is 12.6 Å². The molecule has 0 saturated heterocycles. The smallest absolute Gasteiger partial charge is 0.186 e. The average molecular weight is 144 g/mol. The van der Waals surface area contributed by atoms with Crippen molar-refractivity contribution in [3.63, 3.8) is 0 Å². The first-order valence-corrected chi connectivity index (χ1v) is 3.36.